The van der Waals surface area contributed by atoms with Crippen molar-refractivity contribution >= 4 is 29.3 Å². The Morgan fingerprint density at radius 1 is 1.09 bits per heavy atom. The number of hydrogen-bond donors (Lipinski definition) is 2. The number of unbranched alkanes of at least 4 members (excludes halogenated alkanes) is 1. The number of pyridine rings is 2. The van der Waals surface area contributed by atoms with Crippen molar-refractivity contribution in [2.24, 2.45) is 21.5 Å². The van der Waals surface area contributed by atoms with Crippen LogP contribution in [0, 0.1) is 23.7 Å². The van der Waals surface area contributed by atoms with Crippen LogP contribution in [0.25, 0.3) is 0 Å². The fraction of sp³-hybridized carbons (Fsp3) is 0.486. The summed E-state index contributed by atoms with van der Waals surface area (Å²) < 4.78 is 0. The first-order chi connectivity index (χ1) is 20.6. The zero-order chi connectivity index (χ0) is 32.3. The number of anilines is 1. The largest absolute Gasteiger partial charge is 0.393 e. The van der Waals surface area contributed by atoms with Gasteiger partial charge >= 0.3 is 0 Å². The van der Waals surface area contributed by atoms with E-state index in [1.165, 1.54) is 0 Å². The summed E-state index contributed by atoms with van der Waals surface area (Å²) in [4.78, 5) is 29.7. The van der Waals surface area contributed by atoms with E-state index in [9.17, 15) is 14.7 Å². The SMILES string of the molecule is C#CC(C)(C)C.CC.CCCCC(C)=O.O=CNc1ccc(C2=NN=C(c3ccccn3)/C3=C/CCC(O)CCC23)nc1. The van der Waals surface area contributed by atoms with Gasteiger partial charge in [-0.3, -0.25) is 14.8 Å². The molecule has 8 nitrogen and oxygen atoms in total. The summed E-state index contributed by atoms with van der Waals surface area (Å²) in [7, 11) is 0. The number of nitrogens with zero attached hydrogens (tertiary/aromatic N) is 4. The van der Waals surface area contributed by atoms with Crippen molar-refractivity contribution in [1.82, 2.24) is 9.97 Å². The molecule has 0 saturated heterocycles. The molecule has 43 heavy (non-hydrogen) atoms. The summed E-state index contributed by atoms with van der Waals surface area (Å²) in [5.41, 5.74) is 4.85. The van der Waals surface area contributed by atoms with Crippen LogP contribution < -0.4 is 5.32 Å². The summed E-state index contributed by atoms with van der Waals surface area (Å²) in [6.45, 7) is 13.7. The highest BCUT2D eigenvalue weighted by atomic mass is 16.3. The van der Waals surface area contributed by atoms with Crippen LogP contribution in [0.2, 0.25) is 0 Å². The van der Waals surface area contributed by atoms with Crippen LogP contribution in [0.3, 0.4) is 0 Å². The molecule has 0 aromatic carbocycles. The monoisotopic (exact) mass is 587 g/mol. The van der Waals surface area contributed by atoms with E-state index < -0.39 is 0 Å². The number of allylic oxidation sites excluding steroid dienone is 2. The second-order valence-corrected chi connectivity index (χ2v) is 11.1. The lowest BCUT2D eigenvalue weighted by molar-refractivity contribution is -0.117. The van der Waals surface area contributed by atoms with Crippen LogP contribution in [-0.4, -0.2) is 44.8 Å². The molecule has 2 N–H and O–H groups in total. The molecule has 4 rings (SSSR count). The van der Waals surface area contributed by atoms with Gasteiger partial charge in [0.05, 0.1) is 35.1 Å². The lowest BCUT2D eigenvalue weighted by Crippen LogP contribution is -2.30. The van der Waals surface area contributed by atoms with Gasteiger partial charge in [0.25, 0.3) is 0 Å². The third-order valence-corrected chi connectivity index (χ3v) is 6.36. The predicted octanol–water partition coefficient (Wildman–Crippen LogP) is 7.19. The van der Waals surface area contributed by atoms with Crippen molar-refractivity contribution in [3.63, 3.8) is 0 Å². The van der Waals surface area contributed by atoms with Gasteiger partial charge in [0.2, 0.25) is 6.41 Å². The predicted molar refractivity (Wildman–Crippen MR) is 177 cm³/mol. The van der Waals surface area contributed by atoms with E-state index in [1.807, 2.05) is 58.9 Å². The van der Waals surface area contributed by atoms with Gasteiger partial charge in [-0.2, -0.15) is 5.10 Å². The number of carbonyl (C=O) groups excluding carboxylic acids is 2. The van der Waals surface area contributed by atoms with Gasteiger partial charge in [0.1, 0.15) is 11.5 Å². The number of Topliss-reactive ketones (excluding diaryl/α,β-unsaturated/α-hetero) is 1. The van der Waals surface area contributed by atoms with Gasteiger partial charge < -0.3 is 15.2 Å². The van der Waals surface area contributed by atoms with E-state index in [0.717, 1.165) is 61.2 Å². The van der Waals surface area contributed by atoms with Crippen molar-refractivity contribution in [2.45, 2.75) is 99.5 Å². The van der Waals surface area contributed by atoms with E-state index in [-0.39, 0.29) is 17.4 Å². The molecular weight excluding hydrogens is 538 g/mol. The summed E-state index contributed by atoms with van der Waals surface area (Å²) in [6.07, 6.45) is 16.8. The summed E-state index contributed by atoms with van der Waals surface area (Å²) in [5.74, 6) is 2.90. The maximum Gasteiger partial charge on any atom is 0.211 e. The van der Waals surface area contributed by atoms with Gasteiger partial charge in [0, 0.05) is 24.0 Å². The average Bonchev–Trinajstić information content (AvgIpc) is 3.00. The molecule has 0 spiro atoms. The topological polar surface area (TPSA) is 117 Å². The summed E-state index contributed by atoms with van der Waals surface area (Å²) in [5, 5.41) is 21.8. The standard InChI is InChI=1S/C21H21N5O2.C6H12O.C6H10.C2H6/c27-13-24-14-7-10-19(23-12-14)21-17-9-8-15(28)4-3-5-16(17)20(25-26-21)18-6-1-2-11-22-18;1-3-4-5-6(2)7;1-5-6(2,3)4;1-2/h1-2,5-7,10-13,15,17,28H,3-4,8-9H2,(H,24,27);3-5H2,1-2H3;1H,2-4H3;1-2H3/b16-5+;;;. The fourth-order valence-corrected chi connectivity index (χ4v) is 4.07. The molecule has 2 atom stereocenters. The first-order valence-corrected chi connectivity index (χ1v) is 15.2. The molecule has 0 radical (unpaired) electrons. The Bertz CT molecular complexity index is 1250. The number of terminal acetylenes is 1. The Morgan fingerprint density at radius 3 is 2.33 bits per heavy atom. The molecule has 1 aliphatic carbocycles. The Morgan fingerprint density at radius 2 is 1.81 bits per heavy atom. The van der Waals surface area contributed by atoms with Crippen molar-refractivity contribution in [3.05, 3.63) is 65.8 Å². The molecule has 2 aliphatic rings. The summed E-state index contributed by atoms with van der Waals surface area (Å²) in [6, 6.07) is 9.37. The molecule has 1 amide bonds. The maximum atomic E-state index is 10.6. The van der Waals surface area contributed by atoms with E-state index >= 15 is 0 Å². The highest BCUT2D eigenvalue weighted by molar-refractivity contribution is 6.19. The number of amides is 1. The minimum atomic E-state index is -0.316. The smallest absolute Gasteiger partial charge is 0.211 e. The Kier molecular flexibility index (Phi) is 17.3. The normalized spacial score (nSPS) is 18.5. The fourth-order valence-electron chi connectivity index (χ4n) is 4.07. The lowest BCUT2D eigenvalue weighted by Gasteiger charge is -2.28. The highest BCUT2D eigenvalue weighted by Crippen LogP contribution is 2.32. The zero-order valence-electron chi connectivity index (χ0n) is 26.9. The highest BCUT2D eigenvalue weighted by Gasteiger charge is 2.32. The molecule has 1 aliphatic heterocycles. The number of aliphatic hydroxyl groups excluding tert-OH is 1. The molecule has 2 aromatic rings. The molecule has 0 fully saturated rings. The van der Waals surface area contributed by atoms with Crippen LogP contribution in [0.15, 0.2) is 64.6 Å². The molecule has 2 unspecified atom stereocenters. The minimum Gasteiger partial charge on any atom is -0.393 e. The van der Waals surface area contributed by atoms with E-state index in [2.05, 4.69) is 44.4 Å². The Balaban J connectivity index is 0.000000514. The number of fused-ring (bicyclic) bond motifs is 1. The Hall–Kier alpha value is -3.96. The number of hydrogen-bond acceptors (Lipinski definition) is 7. The van der Waals surface area contributed by atoms with Gasteiger partial charge in [-0.05, 0) is 89.6 Å². The van der Waals surface area contributed by atoms with Crippen molar-refractivity contribution in [1.29, 1.82) is 0 Å². The molecule has 2 aromatic heterocycles. The van der Waals surface area contributed by atoms with Crippen molar-refractivity contribution < 1.29 is 14.7 Å². The average molecular weight is 588 g/mol. The molecule has 0 bridgehead atoms. The van der Waals surface area contributed by atoms with Crippen LogP contribution in [0.4, 0.5) is 5.69 Å². The second-order valence-electron chi connectivity index (χ2n) is 11.1. The van der Waals surface area contributed by atoms with Gasteiger partial charge in [-0.25, -0.2) is 0 Å². The third-order valence-electron chi connectivity index (χ3n) is 6.36. The van der Waals surface area contributed by atoms with Crippen LogP contribution in [0.1, 0.15) is 105 Å². The molecule has 3 heterocycles. The van der Waals surface area contributed by atoms with Crippen LogP contribution >= 0.6 is 0 Å². The van der Waals surface area contributed by atoms with Crippen molar-refractivity contribution in [3.8, 4) is 12.3 Å². The van der Waals surface area contributed by atoms with Gasteiger partial charge in [-0.1, -0.05) is 39.3 Å². The number of carbonyl (C=O) groups is 2. The molecule has 232 valence electrons. The quantitative estimate of drug-likeness (QED) is 0.263. The number of ketones is 1. The molecule has 8 heteroatoms. The molecular formula is C35H49N5O3. The van der Waals surface area contributed by atoms with Crippen LogP contribution in [0.5, 0.6) is 0 Å². The van der Waals surface area contributed by atoms with E-state index in [0.29, 0.717) is 30.0 Å². The van der Waals surface area contributed by atoms with E-state index in [4.69, 9.17) is 6.42 Å². The minimum absolute atomic E-state index is 0.0122. The zero-order valence-corrected chi connectivity index (χ0v) is 26.9. The Labute approximate surface area is 258 Å². The summed E-state index contributed by atoms with van der Waals surface area (Å²) >= 11 is 0. The third kappa shape index (κ3) is 13.7. The number of aliphatic hydroxyl groups is 1. The number of aromatic nitrogens is 2. The number of rotatable bonds is 7. The number of nitrogens with one attached hydrogen (secondary N) is 1. The first kappa shape index (κ1) is 37.1. The van der Waals surface area contributed by atoms with Crippen LogP contribution in [-0.2, 0) is 9.59 Å². The first-order valence-electron chi connectivity index (χ1n) is 15.2. The van der Waals surface area contributed by atoms with Crippen molar-refractivity contribution in [2.75, 3.05) is 5.32 Å². The lowest BCUT2D eigenvalue weighted by atomic mass is 9.80. The van der Waals surface area contributed by atoms with Gasteiger partial charge in [0.15, 0.2) is 0 Å². The second kappa shape index (κ2) is 20.0. The van der Waals surface area contributed by atoms with E-state index in [1.54, 1.807) is 25.4 Å². The molecule has 0 saturated carbocycles. The maximum absolute atomic E-state index is 10.6. The van der Waals surface area contributed by atoms with Gasteiger partial charge in [-0.15, -0.1) is 17.4 Å².